The maximum atomic E-state index is 10.4. The molecule has 1 saturated heterocycles. The Bertz CT molecular complexity index is 105. The van der Waals surface area contributed by atoms with Gasteiger partial charge >= 0.3 is 0 Å². The van der Waals surface area contributed by atoms with Gasteiger partial charge in [-0.3, -0.25) is 10.0 Å². The van der Waals surface area contributed by atoms with E-state index in [4.69, 9.17) is 5.21 Å². The van der Waals surface area contributed by atoms with Crippen LogP contribution in [0, 0.1) is 5.92 Å². The molecule has 0 aromatic rings. The monoisotopic (exact) mass is 152 g/mol. The molecule has 3 N–H and O–H groups in total. The van der Waals surface area contributed by atoms with Gasteiger partial charge in [-0.15, -0.1) is 12.4 Å². The van der Waals surface area contributed by atoms with Gasteiger partial charge in [0.1, 0.15) is 0 Å². The molecule has 0 spiro atoms. The second kappa shape index (κ2) is 3.66. The highest BCUT2D eigenvalue weighted by molar-refractivity contribution is 5.85. The Hall–Kier alpha value is -0.320. The molecule has 1 aliphatic rings. The van der Waals surface area contributed by atoms with Crippen LogP contribution < -0.4 is 10.8 Å². The molecule has 0 unspecified atom stereocenters. The highest BCUT2D eigenvalue weighted by Crippen LogP contribution is 2.00. The fourth-order valence-corrected chi connectivity index (χ4v) is 0.565. The first-order valence-corrected chi connectivity index (χ1v) is 2.49. The molecule has 1 rings (SSSR count). The number of carbonyl (C=O) groups excluding carboxylic acids is 1. The number of halogens is 1. The van der Waals surface area contributed by atoms with Crippen LogP contribution in [0.15, 0.2) is 0 Å². The average molecular weight is 153 g/mol. The normalized spacial score (nSPS) is 17.4. The van der Waals surface area contributed by atoms with Crippen LogP contribution in [0.3, 0.4) is 0 Å². The Morgan fingerprint density at radius 1 is 1.67 bits per heavy atom. The van der Waals surface area contributed by atoms with Crippen LogP contribution in [0.4, 0.5) is 0 Å². The van der Waals surface area contributed by atoms with E-state index in [1.54, 1.807) is 5.48 Å². The van der Waals surface area contributed by atoms with Gasteiger partial charge in [0.2, 0.25) is 5.91 Å². The van der Waals surface area contributed by atoms with Crippen molar-refractivity contribution < 1.29 is 10.0 Å². The summed E-state index contributed by atoms with van der Waals surface area (Å²) in [6, 6.07) is 0. The standard InChI is InChI=1S/C4H8N2O2.ClH/c7-4(6-8)3-1-5-2-3;/h3,5,8H,1-2H2,(H,6,7);1H. The van der Waals surface area contributed by atoms with Gasteiger partial charge in [-0.05, 0) is 0 Å². The summed E-state index contributed by atoms with van der Waals surface area (Å²) >= 11 is 0. The molecule has 1 aliphatic heterocycles. The Kier molecular flexibility index (Phi) is 3.53. The van der Waals surface area contributed by atoms with Crippen molar-refractivity contribution in [3.8, 4) is 0 Å². The van der Waals surface area contributed by atoms with Crippen molar-refractivity contribution in [1.82, 2.24) is 10.8 Å². The summed E-state index contributed by atoms with van der Waals surface area (Å²) in [5.74, 6) is -0.302. The number of hydrogen-bond acceptors (Lipinski definition) is 3. The first-order valence-electron chi connectivity index (χ1n) is 2.49. The van der Waals surface area contributed by atoms with Crippen molar-refractivity contribution in [2.24, 2.45) is 5.92 Å². The summed E-state index contributed by atoms with van der Waals surface area (Å²) in [7, 11) is 0. The lowest BCUT2D eigenvalue weighted by molar-refractivity contribution is -0.134. The Morgan fingerprint density at radius 2 is 2.22 bits per heavy atom. The van der Waals surface area contributed by atoms with E-state index in [1.165, 1.54) is 0 Å². The molecule has 1 heterocycles. The first-order chi connectivity index (χ1) is 3.84. The van der Waals surface area contributed by atoms with Crippen molar-refractivity contribution in [2.45, 2.75) is 0 Å². The van der Waals surface area contributed by atoms with E-state index in [1.807, 2.05) is 0 Å². The molecule has 0 bridgehead atoms. The van der Waals surface area contributed by atoms with Crippen LogP contribution in [0.2, 0.25) is 0 Å². The average Bonchev–Trinajstić information content (AvgIpc) is 1.62. The molecule has 1 fully saturated rings. The Labute approximate surface area is 59.0 Å². The minimum Gasteiger partial charge on any atom is -0.315 e. The van der Waals surface area contributed by atoms with E-state index < -0.39 is 0 Å². The summed E-state index contributed by atoms with van der Waals surface area (Å²) in [5.41, 5.74) is 1.59. The van der Waals surface area contributed by atoms with Crippen LogP contribution in [-0.2, 0) is 4.79 Å². The number of nitrogens with one attached hydrogen (secondary N) is 2. The van der Waals surface area contributed by atoms with E-state index in [0.29, 0.717) is 13.1 Å². The first kappa shape index (κ1) is 8.68. The van der Waals surface area contributed by atoms with Crippen LogP contribution >= 0.6 is 12.4 Å². The van der Waals surface area contributed by atoms with Crippen LogP contribution in [0.1, 0.15) is 0 Å². The van der Waals surface area contributed by atoms with Gasteiger partial charge in [-0.25, -0.2) is 5.48 Å². The maximum absolute atomic E-state index is 10.4. The predicted octanol–water partition coefficient (Wildman–Crippen LogP) is -0.867. The van der Waals surface area contributed by atoms with Crippen molar-refractivity contribution in [3.63, 3.8) is 0 Å². The molecule has 0 saturated carbocycles. The third kappa shape index (κ3) is 1.82. The molecule has 0 radical (unpaired) electrons. The number of rotatable bonds is 1. The zero-order chi connectivity index (χ0) is 5.98. The number of hydrogen-bond donors (Lipinski definition) is 3. The molecule has 0 aromatic carbocycles. The van der Waals surface area contributed by atoms with Crippen molar-refractivity contribution >= 4 is 18.3 Å². The second-order valence-electron chi connectivity index (χ2n) is 1.83. The van der Waals surface area contributed by atoms with E-state index in [9.17, 15) is 4.79 Å². The fourth-order valence-electron chi connectivity index (χ4n) is 0.565. The summed E-state index contributed by atoms with van der Waals surface area (Å²) in [4.78, 5) is 10.4. The molecule has 5 heteroatoms. The molecule has 4 nitrogen and oxygen atoms in total. The minimum absolute atomic E-state index is 0. The highest BCUT2D eigenvalue weighted by atomic mass is 35.5. The van der Waals surface area contributed by atoms with E-state index in [0.717, 1.165) is 0 Å². The smallest absolute Gasteiger partial charge is 0.249 e. The summed E-state index contributed by atoms with van der Waals surface area (Å²) in [6.07, 6.45) is 0. The quantitative estimate of drug-likeness (QED) is 0.338. The fraction of sp³-hybridized carbons (Fsp3) is 0.750. The summed E-state index contributed by atoms with van der Waals surface area (Å²) in [5, 5.41) is 10.9. The van der Waals surface area contributed by atoms with Gasteiger partial charge in [0, 0.05) is 13.1 Å². The topological polar surface area (TPSA) is 61.4 Å². The van der Waals surface area contributed by atoms with Crippen molar-refractivity contribution in [3.05, 3.63) is 0 Å². The van der Waals surface area contributed by atoms with Gasteiger partial charge in [0.15, 0.2) is 0 Å². The lowest BCUT2D eigenvalue weighted by Crippen LogP contribution is -2.50. The van der Waals surface area contributed by atoms with E-state index in [-0.39, 0.29) is 24.2 Å². The molecule has 0 aromatic heterocycles. The van der Waals surface area contributed by atoms with E-state index >= 15 is 0 Å². The maximum Gasteiger partial charge on any atom is 0.249 e. The zero-order valence-corrected chi connectivity index (χ0v) is 5.57. The number of hydroxylamine groups is 1. The third-order valence-corrected chi connectivity index (χ3v) is 1.26. The van der Waals surface area contributed by atoms with Gasteiger partial charge in [0.05, 0.1) is 5.92 Å². The molecule has 0 atom stereocenters. The lowest BCUT2D eigenvalue weighted by atomic mass is 10.0. The van der Waals surface area contributed by atoms with Gasteiger partial charge < -0.3 is 5.32 Å². The van der Waals surface area contributed by atoms with Gasteiger partial charge in [-0.2, -0.15) is 0 Å². The minimum atomic E-state index is -0.288. The number of amides is 1. The SMILES string of the molecule is Cl.O=C(NO)C1CNC1. The molecular formula is C4H9ClN2O2. The van der Waals surface area contributed by atoms with Crippen LogP contribution in [-0.4, -0.2) is 24.2 Å². The summed E-state index contributed by atoms with van der Waals surface area (Å²) < 4.78 is 0. The molecule has 1 amide bonds. The predicted molar refractivity (Wildman–Crippen MR) is 33.5 cm³/mol. The van der Waals surface area contributed by atoms with Crippen LogP contribution in [0.5, 0.6) is 0 Å². The summed E-state index contributed by atoms with van der Waals surface area (Å²) in [6.45, 7) is 1.37. The van der Waals surface area contributed by atoms with E-state index in [2.05, 4.69) is 5.32 Å². The molecule has 54 valence electrons. The van der Waals surface area contributed by atoms with Crippen LogP contribution in [0.25, 0.3) is 0 Å². The second-order valence-corrected chi connectivity index (χ2v) is 1.83. The zero-order valence-electron chi connectivity index (χ0n) is 4.76. The largest absolute Gasteiger partial charge is 0.315 e. The Morgan fingerprint density at radius 3 is 2.33 bits per heavy atom. The highest BCUT2D eigenvalue weighted by Gasteiger charge is 2.23. The molecule has 9 heavy (non-hydrogen) atoms. The lowest BCUT2D eigenvalue weighted by Gasteiger charge is -2.24. The van der Waals surface area contributed by atoms with Crippen molar-refractivity contribution in [1.29, 1.82) is 0 Å². The molecule has 0 aliphatic carbocycles. The number of carbonyl (C=O) groups is 1. The van der Waals surface area contributed by atoms with Crippen molar-refractivity contribution in [2.75, 3.05) is 13.1 Å². The third-order valence-electron chi connectivity index (χ3n) is 1.26. The van der Waals surface area contributed by atoms with Gasteiger partial charge in [0.25, 0.3) is 0 Å². The Balaban J connectivity index is 0.000000640. The molecular weight excluding hydrogens is 144 g/mol. The van der Waals surface area contributed by atoms with Gasteiger partial charge in [-0.1, -0.05) is 0 Å².